The molecule has 0 aromatic rings. The first-order valence-electron chi connectivity index (χ1n) is 18.4. The van der Waals surface area contributed by atoms with E-state index in [1.165, 1.54) is 0 Å². The maximum absolute atomic E-state index is 14.8. The Morgan fingerprint density at radius 3 is 0.393 bits per heavy atom. The van der Waals surface area contributed by atoms with Gasteiger partial charge in [0.15, 0.2) is 0 Å². The van der Waals surface area contributed by atoms with Crippen LogP contribution in [0.25, 0.3) is 0 Å². The van der Waals surface area contributed by atoms with E-state index in [1.54, 1.807) is 0 Å². The standard InChI is InChI=1S/C30F58O/c31-3(1(7(37,38)27(77,78)79)5(33,34)11(45,46)13(49,50)15(53,54)17(57,58)19(61,62)21(65,66)23(69,70)25(73,74)29(83,84)85)9(41,42)89-10(43,44)4(32)2(8(39,40)28(80,81)82)6(35,36)12(47,48)14(51,52)16(55,56)18(59,60)20(63,64)22(67,68)24(71,72)26(75,76)30(86,87)88. The summed E-state index contributed by atoms with van der Waals surface area (Å²) in [5.74, 6) is -221. The highest BCUT2D eigenvalue weighted by molar-refractivity contribution is 5.37. The van der Waals surface area contributed by atoms with E-state index in [4.69, 9.17) is 0 Å². The van der Waals surface area contributed by atoms with Gasteiger partial charge in [0, 0.05) is 0 Å². The van der Waals surface area contributed by atoms with Gasteiger partial charge in [-0.05, 0) is 0 Å². The van der Waals surface area contributed by atoms with Crippen LogP contribution in [0.1, 0.15) is 0 Å². The molecule has 1 nitrogen and oxygen atoms in total. The Morgan fingerprint density at radius 1 is 0.146 bits per heavy atom. The molecule has 0 aliphatic carbocycles. The zero-order valence-corrected chi connectivity index (χ0v) is 37.3. The normalized spacial score (nSPS) is 17.7. The number of alkyl halides is 56. The van der Waals surface area contributed by atoms with Gasteiger partial charge in [-0.1, -0.05) is 0 Å². The van der Waals surface area contributed by atoms with Crippen LogP contribution >= 0.6 is 0 Å². The molecule has 0 heterocycles. The maximum Gasteiger partial charge on any atom is 0.460 e. The van der Waals surface area contributed by atoms with Gasteiger partial charge >= 0.3 is 155 Å². The zero-order valence-electron chi connectivity index (χ0n) is 37.3. The maximum atomic E-state index is 14.8. The molecule has 0 saturated carbocycles. The van der Waals surface area contributed by atoms with Crippen molar-refractivity contribution in [3.63, 3.8) is 0 Å². The zero-order chi connectivity index (χ0) is 74.0. The van der Waals surface area contributed by atoms with Gasteiger partial charge in [-0.2, -0.15) is 246 Å². The summed E-state index contributed by atoms with van der Waals surface area (Å²) in [5, 5.41) is 0. The van der Waals surface area contributed by atoms with Crippen LogP contribution in [-0.4, -0.2) is 155 Å². The summed E-state index contributed by atoms with van der Waals surface area (Å²) in [6.07, 6.45) is -55.8. The van der Waals surface area contributed by atoms with Gasteiger partial charge in [0.1, 0.15) is 11.1 Å². The summed E-state index contributed by atoms with van der Waals surface area (Å²) in [6, 6.07) is 0. The number of ether oxygens (including phenoxy) is 1. The van der Waals surface area contributed by atoms with Crippen LogP contribution in [0.5, 0.6) is 0 Å². The molecule has 0 unspecified atom stereocenters. The summed E-state index contributed by atoms with van der Waals surface area (Å²) in [5.41, 5.74) is -15.5. The van der Waals surface area contributed by atoms with E-state index < -0.39 is 178 Å². The van der Waals surface area contributed by atoms with Gasteiger partial charge < -0.3 is 0 Å². The van der Waals surface area contributed by atoms with Gasteiger partial charge in [-0.25, -0.2) is 13.5 Å². The van der Waals surface area contributed by atoms with Crippen molar-refractivity contribution >= 4 is 0 Å². The van der Waals surface area contributed by atoms with Crippen molar-refractivity contribution in [3.05, 3.63) is 22.8 Å². The average molecular weight is 1480 g/mol. The molecule has 59 heteroatoms. The monoisotopic (exact) mass is 1480 g/mol. The molecule has 0 aliphatic heterocycles. The van der Waals surface area contributed by atoms with Gasteiger partial charge in [-0.15, -0.1) is 0 Å². The third-order valence-electron chi connectivity index (χ3n) is 10.2. The van der Waals surface area contributed by atoms with Crippen molar-refractivity contribution in [3.8, 4) is 0 Å². The fraction of sp³-hybridized carbons (Fsp3) is 0.867. The van der Waals surface area contributed by atoms with E-state index in [9.17, 15) is 255 Å². The highest BCUT2D eigenvalue weighted by Gasteiger charge is 3.01. The minimum atomic E-state index is -10.8. The van der Waals surface area contributed by atoms with Crippen LogP contribution in [-0.2, 0) is 4.74 Å². The van der Waals surface area contributed by atoms with Crippen LogP contribution < -0.4 is 0 Å². The van der Waals surface area contributed by atoms with E-state index in [2.05, 4.69) is 0 Å². The van der Waals surface area contributed by atoms with Crippen molar-refractivity contribution in [2.24, 2.45) is 0 Å². The first-order valence-corrected chi connectivity index (χ1v) is 18.4. The molecule has 0 fully saturated rings. The first kappa shape index (κ1) is 84.4. The molecule has 0 rings (SSSR count). The predicted molar refractivity (Wildman–Crippen MR) is 150 cm³/mol. The van der Waals surface area contributed by atoms with Crippen LogP contribution in [0.15, 0.2) is 22.8 Å². The van der Waals surface area contributed by atoms with Crippen molar-refractivity contribution in [2.75, 3.05) is 0 Å². The highest BCUT2D eigenvalue weighted by Crippen LogP contribution is 2.71. The van der Waals surface area contributed by atoms with E-state index in [-0.39, 0.29) is 0 Å². The van der Waals surface area contributed by atoms with Crippen molar-refractivity contribution in [1.82, 2.24) is 0 Å². The Kier molecular flexibility index (Phi) is 19.9. The Labute approximate surface area is 439 Å². The molecule has 0 N–H and O–H groups in total. The molecular weight excluding hydrogens is 1480 g/mol. The van der Waals surface area contributed by atoms with Gasteiger partial charge in [0.05, 0.1) is 0 Å². The quantitative estimate of drug-likeness (QED) is 0.0876. The lowest BCUT2D eigenvalue weighted by atomic mass is 9.83. The Balaban J connectivity index is 9.23. The van der Waals surface area contributed by atoms with Gasteiger partial charge in [0.2, 0.25) is 11.7 Å². The molecule has 89 heavy (non-hydrogen) atoms. The lowest BCUT2D eigenvalue weighted by Gasteiger charge is -2.45. The molecule has 0 aliphatic rings. The van der Waals surface area contributed by atoms with E-state index in [0.29, 0.717) is 4.74 Å². The largest absolute Gasteiger partial charge is 0.460 e. The molecule has 0 amide bonds. The summed E-state index contributed by atoms with van der Waals surface area (Å²) in [4.78, 5) is 0. The third-order valence-corrected chi connectivity index (χ3v) is 10.2. The topological polar surface area (TPSA) is 9.23 Å². The Bertz CT molecular complexity index is 2450. The average Bonchev–Trinajstić information content (AvgIpc) is 3.25. The fourth-order valence-electron chi connectivity index (χ4n) is 5.20. The van der Waals surface area contributed by atoms with Crippen LogP contribution in [0.2, 0.25) is 0 Å². The minimum Gasteiger partial charge on any atom is -0.243 e. The molecule has 0 saturated heterocycles. The van der Waals surface area contributed by atoms with E-state index in [0.717, 1.165) is 0 Å². The predicted octanol–water partition coefficient (Wildman–Crippen LogP) is 19.6. The van der Waals surface area contributed by atoms with Crippen molar-refractivity contribution < 1.29 is 259 Å². The number of allylic oxidation sites excluding steroid dienone is 2. The summed E-state index contributed by atoms with van der Waals surface area (Å²) >= 11 is 0. The first-order chi connectivity index (χ1) is 37.3. The van der Waals surface area contributed by atoms with Crippen LogP contribution in [0.3, 0.4) is 0 Å². The lowest BCUT2D eigenvalue weighted by molar-refractivity contribution is -0.473. The molecule has 0 bridgehead atoms. The van der Waals surface area contributed by atoms with E-state index >= 15 is 0 Å². The molecule has 0 radical (unpaired) electrons. The van der Waals surface area contributed by atoms with E-state index in [1.807, 2.05) is 0 Å². The summed E-state index contributed by atoms with van der Waals surface area (Å²) < 4.78 is 799. The Hall–Kier alpha value is -4.62. The van der Waals surface area contributed by atoms with Gasteiger partial charge in [0.25, 0.3) is 0 Å². The number of halogens is 58. The molecule has 0 aromatic heterocycles. The smallest absolute Gasteiger partial charge is 0.243 e. The summed E-state index contributed by atoms with van der Waals surface area (Å²) in [7, 11) is 0. The molecular formula is C30F58O. The van der Waals surface area contributed by atoms with Crippen LogP contribution in [0, 0.1) is 0 Å². The van der Waals surface area contributed by atoms with Crippen LogP contribution in [0.4, 0.5) is 255 Å². The second-order valence-electron chi connectivity index (χ2n) is 16.0. The fourth-order valence-corrected chi connectivity index (χ4v) is 5.20. The Morgan fingerprint density at radius 2 is 0.270 bits per heavy atom. The second kappa shape index (κ2) is 20.9. The van der Waals surface area contributed by atoms with Crippen molar-refractivity contribution in [1.29, 1.82) is 0 Å². The highest BCUT2D eigenvalue weighted by atomic mass is 19.5. The van der Waals surface area contributed by atoms with Gasteiger partial charge in [-0.3, -0.25) is 0 Å². The lowest BCUT2D eigenvalue weighted by Crippen LogP contribution is -2.77. The molecule has 0 aromatic carbocycles. The van der Waals surface area contributed by atoms with Crippen molar-refractivity contribution in [2.45, 2.75) is 155 Å². The third kappa shape index (κ3) is 10.9. The number of rotatable bonds is 24. The number of hydrogen-bond donors (Lipinski definition) is 0. The number of hydrogen-bond acceptors (Lipinski definition) is 1. The molecule has 0 spiro atoms. The molecule has 0 atom stereocenters. The summed E-state index contributed by atoms with van der Waals surface area (Å²) in [6.45, 7) is 0. The minimum absolute atomic E-state index is 0.496. The molecule has 532 valence electrons. The SMILES string of the molecule is FC(=C(C(F)(F)C(F)(F)F)C(F)(F)C(F)(F)C(F)(F)C(F)(F)C(F)(F)C(F)(F)C(F)(F)C(F)(F)C(F)(F)C(F)(F)F)C(F)(F)OC(F)(F)C(F)=C(C(F)(F)C(F)(F)F)C(F)(F)C(F)(F)C(F)(F)C(F)(F)C(F)(F)C(F)(F)C(F)(F)C(F)(F)C(F)(F)C(F)(F)F. The second-order valence-corrected chi connectivity index (χ2v) is 16.0.